The summed E-state index contributed by atoms with van der Waals surface area (Å²) in [7, 11) is 0. The van der Waals surface area contributed by atoms with E-state index in [9.17, 15) is 4.79 Å². The topological polar surface area (TPSA) is 55.8 Å². The molecule has 16 heavy (non-hydrogen) atoms. The van der Waals surface area contributed by atoms with E-state index in [1.165, 1.54) is 12.1 Å². The fourth-order valence-corrected chi connectivity index (χ4v) is 0.961. The Labute approximate surface area is 93.8 Å². The molecule has 0 aliphatic carbocycles. The number of phenols is 1. The van der Waals surface area contributed by atoms with Crippen molar-refractivity contribution in [2.45, 2.75) is 20.0 Å². The second-order valence-electron chi connectivity index (χ2n) is 3.03. The van der Waals surface area contributed by atoms with Crippen LogP contribution in [-0.2, 0) is 9.53 Å². The Balaban J connectivity index is 2.55. The molecule has 0 saturated carbocycles. The van der Waals surface area contributed by atoms with Crippen LogP contribution in [0.4, 0.5) is 0 Å². The van der Waals surface area contributed by atoms with Gasteiger partial charge in [-0.15, -0.1) is 0 Å². The Kier molecular flexibility index (Phi) is 4.22. The van der Waals surface area contributed by atoms with Crippen molar-refractivity contribution in [3.05, 3.63) is 24.3 Å². The monoisotopic (exact) mass is 220 g/mol. The lowest BCUT2D eigenvalue weighted by Gasteiger charge is -2.11. The molecule has 0 aromatic heterocycles. The van der Waals surface area contributed by atoms with Gasteiger partial charge in [-0.05, 0) is 31.2 Å². The van der Waals surface area contributed by atoms with Gasteiger partial charge in [0, 0.05) is 6.92 Å². The molecule has 1 atom stereocenters. The number of ether oxygens (including phenoxy) is 2. The molecule has 0 fully saturated rings. The van der Waals surface area contributed by atoms with Crippen LogP contribution in [0.2, 0.25) is 0 Å². The van der Waals surface area contributed by atoms with Gasteiger partial charge in [0.25, 0.3) is 0 Å². The summed E-state index contributed by atoms with van der Waals surface area (Å²) in [6, 6.07) is 6.06. The predicted molar refractivity (Wildman–Crippen MR) is 57.7 cm³/mol. The molecule has 0 saturated heterocycles. The highest BCUT2D eigenvalue weighted by molar-refractivity contribution is 5.75. The smallest absolute Gasteiger partial charge is 0.360 e. The molecule has 1 unspecified atom stereocenters. The number of aromatic hydroxyl groups is 1. The van der Waals surface area contributed by atoms with E-state index in [2.05, 4.69) is 16.8 Å². The van der Waals surface area contributed by atoms with Crippen molar-refractivity contribution in [3.8, 4) is 23.5 Å². The fraction of sp³-hybridized carbons (Fsp3) is 0.250. The third-order valence-corrected chi connectivity index (χ3v) is 1.74. The minimum atomic E-state index is -0.745. The van der Waals surface area contributed by atoms with Crippen molar-refractivity contribution in [1.82, 2.24) is 0 Å². The Morgan fingerprint density at radius 1 is 1.38 bits per heavy atom. The lowest BCUT2D eigenvalue weighted by atomic mass is 10.3. The molecule has 1 N–H and O–H groups in total. The highest BCUT2D eigenvalue weighted by atomic mass is 16.6. The molecule has 0 aliphatic rings. The second-order valence-corrected chi connectivity index (χ2v) is 3.03. The van der Waals surface area contributed by atoms with Crippen molar-refractivity contribution in [3.63, 3.8) is 0 Å². The van der Waals surface area contributed by atoms with Gasteiger partial charge in [-0.2, -0.15) is 0 Å². The minimum Gasteiger partial charge on any atom is -0.508 e. The number of esters is 1. The molecule has 0 radical (unpaired) electrons. The van der Waals surface area contributed by atoms with Crippen LogP contribution in [-0.4, -0.2) is 17.2 Å². The molecule has 0 bridgehead atoms. The van der Waals surface area contributed by atoms with Crippen LogP contribution in [0.15, 0.2) is 24.3 Å². The van der Waals surface area contributed by atoms with Crippen LogP contribution in [0, 0.1) is 12.0 Å². The fourth-order valence-electron chi connectivity index (χ4n) is 0.961. The zero-order valence-corrected chi connectivity index (χ0v) is 9.06. The van der Waals surface area contributed by atoms with Crippen molar-refractivity contribution < 1.29 is 19.4 Å². The Hall–Kier alpha value is -2.15. The quantitative estimate of drug-likeness (QED) is 0.622. The van der Waals surface area contributed by atoms with Crippen LogP contribution in [0.5, 0.6) is 11.5 Å². The summed E-state index contributed by atoms with van der Waals surface area (Å²) in [5, 5.41) is 9.05. The molecular weight excluding hydrogens is 208 g/mol. The van der Waals surface area contributed by atoms with E-state index in [0.717, 1.165) is 0 Å². The van der Waals surface area contributed by atoms with Gasteiger partial charge in [0.1, 0.15) is 17.6 Å². The maximum atomic E-state index is 11.3. The van der Waals surface area contributed by atoms with E-state index in [0.29, 0.717) is 5.75 Å². The highest BCUT2D eigenvalue weighted by Gasteiger charge is 2.15. The average Bonchev–Trinajstić information content (AvgIpc) is 2.29. The summed E-state index contributed by atoms with van der Waals surface area (Å²) in [6.07, 6.45) is 1.46. The number of benzene rings is 1. The van der Waals surface area contributed by atoms with Crippen molar-refractivity contribution in [1.29, 1.82) is 0 Å². The van der Waals surface area contributed by atoms with Crippen LogP contribution in [0.25, 0.3) is 0 Å². The van der Waals surface area contributed by atoms with E-state index < -0.39 is 12.1 Å². The minimum absolute atomic E-state index is 0.138. The Morgan fingerprint density at radius 2 is 2.00 bits per heavy atom. The van der Waals surface area contributed by atoms with Crippen LogP contribution >= 0.6 is 0 Å². The lowest BCUT2D eigenvalue weighted by molar-refractivity contribution is -0.143. The normalized spacial score (nSPS) is 10.9. The Bertz CT molecular complexity index is 411. The molecule has 4 heteroatoms. The molecule has 0 heterocycles. The molecule has 0 aliphatic heterocycles. The second kappa shape index (κ2) is 5.66. The van der Waals surface area contributed by atoms with E-state index in [4.69, 9.17) is 9.84 Å². The number of phenolic OH excluding ortho intramolecular Hbond substituents is 1. The number of carbonyl (C=O) groups is 1. The van der Waals surface area contributed by atoms with Gasteiger partial charge in [0.05, 0.1) is 0 Å². The van der Waals surface area contributed by atoms with Crippen molar-refractivity contribution in [2.75, 3.05) is 0 Å². The molecule has 1 aromatic carbocycles. The number of hydrogen-bond donors (Lipinski definition) is 1. The van der Waals surface area contributed by atoms with Gasteiger partial charge < -0.3 is 14.6 Å². The summed E-state index contributed by atoms with van der Waals surface area (Å²) in [6.45, 7) is 3.13. The third-order valence-electron chi connectivity index (χ3n) is 1.74. The largest absolute Gasteiger partial charge is 0.508 e. The highest BCUT2D eigenvalue weighted by Crippen LogP contribution is 2.17. The van der Waals surface area contributed by atoms with Gasteiger partial charge in [0.15, 0.2) is 6.10 Å². The van der Waals surface area contributed by atoms with E-state index >= 15 is 0 Å². The molecule has 4 nitrogen and oxygen atoms in total. The van der Waals surface area contributed by atoms with E-state index in [1.54, 1.807) is 26.0 Å². The maximum Gasteiger partial charge on any atom is 0.360 e. The molecule has 0 spiro atoms. The van der Waals surface area contributed by atoms with Crippen LogP contribution in [0.1, 0.15) is 13.8 Å². The van der Waals surface area contributed by atoms with Gasteiger partial charge in [-0.1, -0.05) is 5.92 Å². The zero-order chi connectivity index (χ0) is 12.0. The Morgan fingerprint density at radius 3 is 2.56 bits per heavy atom. The molecular formula is C12H12O4. The summed E-state index contributed by atoms with van der Waals surface area (Å²) < 4.78 is 9.85. The molecule has 1 rings (SSSR count). The van der Waals surface area contributed by atoms with E-state index in [1.807, 2.05) is 0 Å². The van der Waals surface area contributed by atoms with Crippen LogP contribution in [0.3, 0.4) is 0 Å². The third kappa shape index (κ3) is 3.54. The van der Waals surface area contributed by atoms with Crippen molar-refractivity contribution in [2.24, 2.45) is 0 Å². The number of carbonyl (C=O) groups excluding carboxylic acids is 1. The van der Waals surface area contributed by atoms with E-state index in [-0.39, 0.29) is 5.75 Å². The first kappa shape index (κ1) is 11.9. The standard InChI is InChI=1S/C12H12O4/c1-3-8-15-12(14)9(2)16-11-6-4-10(13)5-7-11/h4-7,9,13H,1-2H3. The van der Waals surface area contributed by atoms with Gasteiger partial charge in [-0.25, -0.2) is 4.79 Å². The number of rotatable bonds is 3. The van der Waals surface area contributed by atoms with Gasteiger partial charge in [-0.3, -0.25) is 0 Å². The summed E-state index contributed by atoms with van der Waals surface area (Å²) in [5.41, 5.74) is 0. The maximum absolute atomic E-state index is 11.3. The first-order valence-corrected chi connectivity index (χ1v) is 4.71. The summed E-state index contributed by atoms with van der Waals surface area (Å²) in [5.74, 6) is 2.51. The van der Waals surface area contributed by atoms with Crippen molar-refractivity contribution >= 4 is 5.97 Å². The molecule has 1 aromatic rings. The first-order valence-electron chi connectivity index (χ1n) is 4.71. The molecule has 0 amide bonds. The van der Waals surface area contributed by atoms with Gasteiger partial charge >= 0.3 is 5.97 Å². The van der Waals surface area contributed by atoms with Gasteiger partial charge in [0.2, 0.25) is 0 Å². The summed E-state index contributed by atoms with van der Waals surface area (Å²) in [4.78, 5) is 11.3. The first-order chi connectivity index (χ1) is 7.63. The summed E-state index contributed by atoms with van der Waals surface area (Å²) >= 11 is 0. The predicted octanol–water partition coefficient (Wildman–Crippen LogP) is 1.68. The zero-order valence-electron chi connectivity index (χ0n) is 9.06. The molecule has 84 valence electrons. The SMILES string of the molecule is CC#COC(=O)C(C)Oc1ccc(O)cc1. The van der Waals surface area contributed by atoms with Crippen LogP contribution < -0.4 is 4.74 Å². The number of hydrogen-bond acceptors (Lipinski definition) is 4. The average molecular weight is 220 g/mol. The lowest BCUT2D eigenvalue weighted by Crippen LogP contribution is -2.24.